The average Bonchev–Trinajstić information content (AvgIpc) is 2.24. The Bertz CT molecular complexity index is 251. The number of allylic oxidation sites excluding steroid dienone is 2. The van der Waals surface area contributed by atoms with Crippen molar-refractivity contribution in [2.24, 2.45) is 5.92 Å². The Morgan fingerprint density at radius 3 is 1.69 bits per heavy atom. The molecule has 0 bridgehead atoms. The topological polar surface area (TPSA) is 52.6 Å². The van der Waals surface area contributed by atoms with E-state index in [2.05, 4.69) is 0 Å². The molecule has 0 radical (unpaired) electrons. The van der Waals surface area contributed by atoms with Gasteiger partial charge in [0.2, 0.25) is 0 Å². The zero-order valence-corrected chi connectivity index (χ0v) is 9.93. The van der Waals surface area contributed by atoms with Gasteiger partial charge in [-0.1, -0.05) is 19.1 Å². The number of carbonyl (C=O) groups is 2. The molecule has 4 heteroatoms. The number of hydrogen-bond acceptors (Lipinski definition) is 4. The minimum absolute atomic E-state index is 0.0107. The van der Waals surface area contributed by atoms with Gasteiger partial charge in [0.15, 0.2) is 0 Å². The zero-order chi connectivity index (χ0) is 12.4. The molecule has 4 nitrogen and oxygen atoms in total. The molecule has 90 valence electrons. The summed E-state index contributed by atoms with van der Waals surface area (Å²) in [4.78, 5) is 21.9. The van der Waals surface area contributed by atoms with E-state index in [1.54, 1.807) is 26.0 Å². The molecule has 0 N–H and O–H groups in total. The van der Waals surface area contributed by atoms with Crippen LogP contribution in [0.3, 0.4) is 0 Å². The Labute approximate surface area is 95.9 Å². The normalized spacial score (nSPS) is 11.2. The van der Waals surface area contributed by atoms with Crippen molar-refractivity contribution in [2.75, 3.05) is 13.2 Å². The number of ether oxygens (including phenoxy) is 2. The van der Waals surface area contributed by atoms with Crippen LogP contribution >= 0.6 is 0 Å². The lowest BCUT2D eigenvalue weighted by Crippen LogP contribution is -2.17. The molecular weight excluding hydrogens is 208 g/mol. The fourth-order valence-corrected chi connectivity index (χ4v) is 0.865. The van der Waals surface area contributed by atoms with Crippen LogP contribution < -0.4 is 0 Å². The third-order valence-corrected chi connectivity index (χ3v) is 1.63. The van der Waals surface area contributed by atoms with Gasteiger partial charge in [-0.2, -0.15) is 0 Å². The molecule has 0 unspecified atom stereocenters. The van der Waals surface area contributed by atoms with E-state index in [0.717, 1.165) is 0 Å². The fraction of sp³-hybridized carbons (Fsp3) is 0.500. The maximum Gasteiger partial charge on any atom is 0.330 e. The van der Waals surface area contributed by atoms with Crippen LogP contribution in [0.5, 0.6) is 0 Å². The van der Waals surface area contributed by atoms with E-state index in [1.807, 2.05) is 6.92 Å². The molecule has 0 aliphatic carbocycles. The molecule has 0 spiro atoms. The minimum Gasteiger partial charge on any atom is -0.462 e. The summed E-state index contributed by atoms with van der Waals surface area (Å²) in [7, 11) is 0. The Morgan fingerprint density at radius 1 is 1.00 bits per heavy atom. The van der Waals surface area contributed by atoms with Crippen LogP contribution in [0.25, 0.3) is 0 Å². The monoisotopic (exact) mass is 226 g/mol. The third kappa shape index (κ3) is 7.79. The van der Waals surface area contributed by atoms with Crippen molar-refractivity contribution in [3.63, 3.8) is 0 Å². The molecule has 0 aromatic heterocycles. The van der Waals surface area contributed by atoms with Crippen molar-refractivity contribution in [1.29, 1.82) is 0 Å². The lowest BCUT2D eigenvalue weighted by molar-refractivity contribution is -0.142. The van der Waals surface area contributed by atoms with Gasteiger partial charge in [0.25, 0.3) is 0 Å². The molecule has 0 fully saturated rings. The van der Waals surface area contributed by atoms with Crippen molar-refractivity contribution >= 4 is 11.9 Å². The van der Waals surface area contributed by atoms with E-state index in [-0.39, 0.29) is 31.1 Å². The van der Waals surface area contributed by atoms with Crippen molar-refractivity contribution in [3.05, 3.63) is 24.3 Å². The first-order chi connectivity index (χ1) is 7.60. The van der Waals surface area contributed by atoms with Crippen LogP contribution in [0.2, 0.25) is 0 Å². The van der Waals surface area contributed by atoms with Crippen molar-refractivity contribution < 1.29 is 19.1 Å². The predicted molar refractivity (Wildman–Crippen MR) is 60.7 cm³/mol. The second kappa shape index (κ2) is 8.71. The highest BCUT2D eigenvalue weighted by Crippen LogP contribution is 1.98. The Kier molecular flexibility index (Phi) is 7.85. The molecule has 0 saturated carbocycles. The summed E-state index contributed by atoms with van der Waals surface area (Å²) in [6.07, 6.45) is 5.91. The summed E-state index contributed by atoms with van der Waals surface area (Å²) >= 11 is 0. The van der Waals surface area contributed by atoms with Gasteiger partial charge in [-0.3, -0.25) is 0 Å². The molecular formula is C12H18O4. The number of rotatable bonds is 6. The van der Waals surface area contributed by atoms with Crippen molar-refractivity contribution in [1.82, 2.24) is 0 Å². The Morgan fingerprint density at radius 2 is 1.38 bits per heavy atom. The second-order valence-corrected chi connectivity index (χ2v) is 3.37. The summed E-state index contributed by atoms with van der Waals surface area (Å²) in [6, 6.07) is 0. The first-order valence-electron chi connectivity index (χ1n) is 5.19. The summed E-state index contributed by atoms with van der Waals surface area (Å²) in [5.41, 5.74) is 0. The summed E-state index contributed by atoms with van der Waals surface area (Å²) < 4.78 is 9.80. The first kappa shape index (κ1) is 14.4. The zero-order valence-electron chi connectivity index (χ0n) is 9.93. The van der Waals surface area contributed by atoms with Gasteiger partial charge >= 0.3 is 11.9 Å². The molecule has 0 saturated heterocycles. The van der Waals surface area contributed by atoms with E-state index in [1.165, 1.54) is 12.2 Å². The first-order valence-corrected chi connectivity index (χ1v) is 5.19. The molecule has 0 aliphatic rings. The van der Waals surface area contributed by atoms with Gasteiger partial charge in [0.05, 0.1) is 13.2 Å². The van der Waals surface area contributed by atoms with Crippen LogP contribution in [0.4, 0.5) is 0 Å². The second-order valence-electron chi connectivity index (χ2n) is 3.37. The molecule has 0 aliphatic heterocycles. The molecule has 16 heavy (non-hydrogen) atoms. The smallest absolute Gasteiger partial charge is 0.330 e. The van der Waals surface area contributed by atoms with E-state index in [9.17, 15) is 9.59 Å². The molecule has 0 rings (SSSR count). The third-order valence-electron chi connectivity index (χ3n) is 1.63. The quantitative estimate of drug-likeness (QED) is 0.512. The van der Waals surface area contributed by atoms with E-state index >= 15 is 0 Å². The highest BCUT2D eigenvalue weighted by atomic mass is 16.5. The lowest BCUT2D eigenvalue weighted by atomic mass is 10.2. The van der Waals surface area contributed by atoms with E-state index < -0.39 is 0 Å². The van der Waals surface area contributed by atoms with Crippen molar-refractivity contribution in [2.45, 2.75) is 20.8 Å². The maximum atomic E-state index is 11.0. The SMILES string of the molecule is C/C=C\C(=O)OCC(C)COC(=O)/C=C\C. The summed E-state index contributed by atoms with van der Waals surface area (Å²) in [6.45, 7) is 5.80. The van der Waals surface area contributed by atoms with Gasteiger partial charge in [0.1, 0.15) is 0 Å². The van der Waals surface area contributed by atoms with Gasteiger partial charge < -0.3 is 9.47 Å². The summed E-state index contributed by atoms with van der Waals surface area (Å²) in [5.74, 6) is -0.772. The lowest BCUT2D eigenvalue weighted by Gasteiger charge is -2.10. The molecule has 0 heterocycles. The maximum absolute atomic E-state index is 11.0. The van der Waals surface area contributed by atoms with Crippen LogP contribution in [-0.4, -0.2) is 25.2 Å². The Hall–Kier alpha value is -1.58. The number of carbonyl (C=O) groups excluding carboxylic acids is 2. The highest BCUT2D eigenvalue weighted by molar-refractivity contribution is 5.82. The molecule has 0 aromatic carbocycles. The van der Waals surface area contributed by atoms with Gasteiger partial charge in [0, 0.05) is 18.1 Å². The number of esters is 2. The van der Waals surface area contributed by atoms with Crippen LogP contribution in [0.1, 0.15) is 20.8 Å². The molecule has 0 aromatic rings. The van der Waals surface area contributed by atoms with Crippen LogP contribution in [0.15, 0.2) is 24.3 Å². The van der Waals surface area contributed by atoms with Gasteiger partial charge in [-0.25, -0.2) is 9.59 Å². The van der Waals surface area contributed by atoms with E-state index in [4.69, 9.17) is 9.47 Å². The van der Waals surface area contributed by atoms with Gasteiger partial charge in [-0.15, -0.1) is 0 Å². The largest absolute Gasteiger partial charge is 0.462 e. The molecule has 0 atom stereocenters. The highest BCUT2D eigenvalue weighted by Gasteiger charge is 2.07. The van der Waals surface area contributed by atoms with Crippen molar-refractivity contribution in [3.8, 4) is 0 Å². The van der Waals surface area contributed by atoms with E-state index in [0.29, 0.717) is 0 Å². The minimum atomic E-state index is -0.380. The molecule has 0 amide bonds. The number of hydrogen-bond donors (Lipinski definition) is 0. The Balaban J connectivity index is 3.70. The summed E-state index contributed by atoms with van der Waals surface area (Å²) in [5, 5.41) is 0. The standard InChI is InChI=1S/C12H18O4/c1-4-6-11(13)15-8-10(3)9-16-12(14)7-5-2/h4-7,10H,8-9H2,1-3H3/b6-4-,7-5-. The fourth-order valence-electron chi connectivity index (χ4n) is 0.865. The van der Waals surface area contributed by atoms with Crippen LogP contribution in [-0.2, 0) is 19.1 Å². The van der Waals surface area contributed by atoms with Crippen LogP contribution in [0, 0.1) is 5.92 Å². The van der Waals surface area contributed by atoms with Gasteiger partial charge in [-0.05, 0) is 13.8 Å². The average molecular weight is 226 g/mol. The predicted octanol–water partition coefficient (Wildman–Crippen LogP) is 1.86.